The number of halogens is 1. The van der Waals surface area contributed by atoms with Crippen molar-refractivity contribution in [3.8, 4) is 5.75 Å². The Bertz CT molecular complexity index is 877. The molecule has 122 valence electrons. The summed E-state index contributed by atoms with van der Waals surface area (Å²) < 4.78 is 0.736. The Morgan fingerprint density at radius 2 is 2.08 bits per heavy atom. The molecule has 0 atom stereocenters. The fraction of sp³-hybridized carbons (Fsp3) is 0.188. The number of aromatic hydroxyl groups is 1. The number of phenolic OH excluding ortho intramolecular Hbond substituents is 1. The number of benzene rings is 1. The molecule has 2 heterocycles. The Balaban J connectivity index is 1.53. The van der Waals surface area contributed by atoms with Crippen LogP contribution < -0.4 is 10.6 Å². The van der Waals surface area contributed by atoms with Crippen LogP contribution in [0.25, 0.3) is 0 Å². The van der Waals surface area contributed by atoms with E-state index in [0.717, 1.165) is 16.0 Å². The smallest absolute Gasteiger partial charge is 0.229 e. The van der Waals surface area contributed by atoms with Crippen LogP contribution in [-0.4, -0.2) is 25.3 Å². The number of nitrogens with one attached hydrogen (secondary N) is 3. The fourth-order valence-corrected chi connectivity index (χ4v) is 2.64. The van der Waals surface area contributed by atoms with Crippen molar-refractivity contribution < 1.29 is 5.11 Å². The zero-order chi connectivity index (χ0) is 16.5. The highest BCUT2D eigenvalue weighted by Crippen LogP contribution is 2.39. The van der Waals surface area contributed by atoms with Crippen molar-refractivity contribution in [3.63, 3.8) is 0 Å². The number of aromatic amines is 1. The van der Waals surface area contributed by atoms with Gasteiger partial charge in [-0.1, -0.05) is 6.07 Å². The highest BCUT2D eigenvalue weighted by atomic mass is 79.9. The van der Waals surface area contributed by atoms with Gasteiger partial charge in [-0.2, -0.15) is 10.1 Å². The zero-order valence-corrected chi connectivity index (χ0v) is 14.2. The van der Waals surface area contributed by atoms with Crippen LogP contribution in [-0.2, 0) is 0 Å². The second-order valence-electron chi connectivity index (χ2n) is 5.67. The number of phenols is 1. The molecule has 3 aromatic rings. The van der Waals surface area contributed by atoms with E-state index >= 15 is 0 Å². The van der Waals surface area contributed by atoms with Crippen LogP contribution in [0, 0.1) is 0 Å². The summed E-state index contributed by atoms with van der Waals surface area (Å²) >= 11 is 3.44. The summed E-state index contributed by atoms with van der Waals surface area (Å²) in [4.78, 5) is 8.68. The van der Waals surface area contributed by atoms with Crippen LogP contribution in [0.2, 0.25) is 0 Å². The fourth-order valence-electron chi connectivity index (χ4n) is 2.35. The normalized spacial score (nSPS) is 13.7. The monoisotopic (exact) mass is 386 g/mol. The quantitative estimate of drug-likeness (QED) is 0.528. The Morgan fingerprint density at radius 1 is 1.21 bits per heavy atom. The molecule has 4 N–H and O–H groups in total. The maximum atomic E-state index is 9.52. The first-order valence-electron chi connectivity index (χ1n) is 7.58. The summed E-state index contributed by atoms with van der Waals surface area (Å²) in [6.45, 7) is 0. The number of anilines is 4. The van der Waals surface area contributed by atoms with E-state index in [1.807, 2.05) is 12.1 Å². The third-order valence-electron chi connectivity index (χ3n) is 3.71. The first-order valence-corrected chi connectivity index (χ1v) is 8.37. The van der Waals surface area contributed by atoms with E-state index in [0.29, 0.717) is 23.4 Å². The number of H-pyrrole nitrogens is 1. The van der Waals surface area contributed by atoms with Gasteiger partial charge in [-0.25, -0.2) is 4.98 Å². The van der Waals surface area contributed by atoms with Crippen molar-refractivity contribution in [2.45, 2.75) is 18.8 Å². The van der Waals surface area contributed by atoms with Crippen molar-refractivity contribution >= 4 is 39.2 Å². The summed E-state index contributed by atoms with van der Waals surface area (Å²) in [7, 11) is 0. The van der Waals surface area contributed by atoms with E-state index in [-0.39, 0.29) is 5.75 Å². The van der Waals surface area contributed by atoms with Crippen LogP contribution in [0.1, 0.15) is 24.5 Å². The van der Waals surface area contributed by atoms with E-state index in [2.05, 4.69) is 46.7 Å². The van der Waals surface area contributed by atoms with Crippen LogP contribution in [0.15, 0.2) is 41.0 Å². The molecule has 0 amide bonds. The Morgan fingerprint density at radius 3 is 2.88 bits per heavy atom. The van der Waals surface area contributed by atoms with Gasteiger partial charge in [0.1, 0.15) is 5.75 Å². The molecule has 4 rings (SSSR count). The first kappa shape index (κ1) is 14.9. The lowest BCUT2D eigenvalue weighted by atomic mass is 10.3. The molecule has 1 saturated carbocycles. The van der Waals surface area contributed by atoms with Gasteiger partial charge in [0.05, 0.1) is 4.47 Å². The van der Waals surface area contributed by atoms with Crippen molar-refractivity contribution in [2.75, 3.05) is 10.6 Å². The Kier molecular flexibility index (Phi) is 3.81. The molecule has 0 bridgehead atoms. The summed E-state index contributed by atoms with van der Waals surface area (Å²) in [6.07, 6.45) is 4.10. The SMILES string of the molecule is Oc1cccc(Nc2ncc(Br)c(Nc3cc(C4CC4)[nH]n3)n2)c1. The largest absolute Gasteiger partial charge is 0.508 e. The molecule has 0 unspecified atom stereocenters. The second-order valence-corrected chi connectivity index (χ2v) is 6.53. The number of hydrogen-bond donors (Lipinski definition) is 4. The van der Waals surface area contributed by atoms with Crippen LogP contribution >= 0.6 is 15.9 Å². The third kappa shape index (κ3) is 3.33. The topological polar surface area (TPSA) is 98.8 Å². The lowest BCUT2D eigenvalue weighted by molar-refractivity contribution is 0.475. The van der Waals surface area contributed by atoms with Crippen molar-refractivity contribution in [2.24, 2.45) is 0 Å². The minimum Gasteiger partial charge on any atom is -0.508 e. The average Bonchev–Trinajstić information content (AvgIpc) is 3.31. The Labute approximate surface area is 146 Å². The average molecular weight is 387 g/mol. The molecule has 0 spiro atoms. The van der Waals surface area contributed by atoms with Crippen LogP contribution in [0.4, 0.5) is 23.3 Å². The van der Waals surface area contributed by atoms with Crippen LogP contribution in [0.3, 0.4) is 0 Å². The molecule has 1 aliphatic carbocycles. The van der Waals surface area contributed by atoms with Gasteiger partial charge in [0, 0.05) is 35.6 Å². The second kappa shape index (κ2) is 6.12. The third-order valence-corrected chi connectivity index (χ3v) is 4.29. The molecule has 0 aliphatic heterocycles. The van der Waals surface area contributed by atoms with Crippen molar-refractivity contribution in [3.05, 3.63) is 46.7 Å². The highest BCUT2D eigenvalue weighted by Gasteiger charge is 2.25. The van der Waals surface area contributed by atoms with Gasteiger partial charge in [-0.3, -0.25) is 5.10 Å². The van der Waals surface area contributed by atoms with E-state index in [9.17, 15) is 5.11 Å². The van der Waals surface area contributed by atoms with Gasteiger partial charge < -0.3 is 15.7 Å². The molecular formula is C16H15BrN6O. The standard InChI is InChI=1S/C16H15BrN6O/c17-12-8-18-16(19-10-2-1-3-11(24)6-10)21-15(12)20-14-7-13(22-23-14)9-4-5-9/h1-3,6-9,24H,4-5H2,(H3,18,19,20,21,22,23). The summed E-state index contributed by atoms with van der Waals surface area (Å²) in [6, 6.07) is 8.80. The summed E-state index contributed by atoms with van der Waals surface area (Å²) in [5.74, 6) is 2.55. The molecule has 1 aromatic carbocycles. The molecule has 2 aromatic heterocycles. The van der Waals surface area contributed by atoms with Crippen LogP contribution in [0.5, 0.6) is 5.75 Å². The van der Waals surface area contributed by atoms with Gasteiger partial charge in [0.15, 0.2) is 11.6 Å². The predicted octanol–water partition coefficient (Wildman–Crippen LogP) is 4.03. The summed E-state index contributed by atoms with van der Waals surface area (Å²) in [5, 5.41) is 23.1. The lowest BCUT2D eigenvalue weighted by Crippen LogP contribution is -2.01. The maximum Gasteiger partial charge on any atom is 0.229 e. The lowest BCUT2D eigenvalue weighted by Gasteiger charge is -2.09. The molecular weight excluding hydrogens is 372 g/mol. The minimum atomic E-state index is 0.180. The first-order chi connectivity index (χ1) is 11.7. The van der Waals surface area contributed by atoms with Gasteiger partial charge in [-0.05, 0) is 40.9 Å². The zero-order valence-electron chi connectivity index (χ0n) is 12.6. The van der Waals surface area contributed by atoms with Crippen molar-refractivity contribution in [1.29, 1.82) is 0 Å². The summed E-state index contributed by atoms with van der Waals surface area (Å²) in [5.41, 5.74) is 1.86. The molecule has 0 saturated heterocycles. The maximum absolute atomic E-state index is 9.52. The van der Waals surface area contributed by atoms with Gasteiger partial charge in [-0.15, -0.1) is 0 Å². The minimum absolute atomic E-state index is 0.180. The van der Waals surface area contributed by atoms with Crippen molar-refractivity contribution in [1.82, 2.24) is 20.2 Å². The Hall–Kier alpha value is -2.61. The van der Waals surface area contributed by atoms with E-state index in [1.54, 1.807) is 24.4 Å². The van der Waals surface area contributed by atoms with E-state index in [1.165, 1.54) is 12.8 Å². The molecule has 24 heavy (non-hydrogen) atoms. The molecule has 8 heteroatoms. The van der Waals surface area contributed by atoms with Gasteiger partial charge in [0.2, 0.25) is 5.95 Å². The molecule has 7 nitrogen and oxygen atoms in total. The number of hydrogen-bond acceptors (Lipinski definition) is 6. The van der Waals surface area contributed by atoms with E-state index in [4.69, 9.17) is 0 Å². The highest BCUT2D eigenvalue weighted by molar-refractivity contribution is 9.10. The molecule has 0 radical (unpaired) electrons. The molecule has 1 fully saturated rings. The van der Waals surface area contributed by atoms with Gasteiger partial charge in [0.25, 0.3) is 0 Å². The number of rotatable bonds is 5. The number of nitrogens with zero attached hydrogens (tertiary/aromatic N) is 3. The predicted molar refractivity (Wildman–Crippen MR) is 95.0 cm³/mol. The van der Waals surface area contributed by atoms with E-state index < -0.39 is 0 Å². The van der Waals surface area contributed by atoms with Gasteiger partial charge >= 0.3 is 0 Å². The molecule has 1 aliphatic rings. The number of aromatic nitrogens is 4.